The zero-order valence-corrected chi connectivity index (χ0v) is 13.2. The summed E-state index contributed by atoms with van der Waals surface area (Å²) in [4.78, 5) is 1.22. The number of thiophene rings is 1. The molecule has 0 atom stereocenters. The van der Waals surface area contributed by atoms with Crippen molar-refractivity contribution < 1.29 is 9.31 Å². The zero-order chi connectivity index (χ0) is 14.4. The maximum atomic E-state index is 5.96. The number of fused-ring (bicyclic) bond motifs is 1. The highest BCUT2D eigenvalue weighted by Crippen LogP contribution is 2.37. The lowest BCUT2D eigenvalue weighted by molar-refractivity contribution is 0.00578. The molecule has 1 aliphatic heterocycles. The molecule has 4 heteroatoms. The summed E-state index contributed by atoms with van der Waals surface area (Å²) < 4.78 is 13.2. The maximum absolute atomic E-state index is 5.96. The molecule has 1 fully saturated rings. The van der Waals surface area contributed by atoms with Crippen LogP contribution in [0.25, 0.3) is 16.2 Å². The average molecular weight is 286 g/mol. The Balaban J connectivity index is 1.78. The maximum Gasteiger partial charge on any atom is 0.487 e. The number of rotatable bonds is 2. The van der Waals surface area contributed by atoms with Gasteiger partial charge >= 0.3 is 7.12 Å². The largest absolute Gasteiger partial charge is 0.487 e. The van der Waals surface area contributed by atoms with E-state index in [0.717, 1.165) is 0 Å². The van der Waals surface area contributed by atoms with Gasteiger partial charge in [0.25, 0.3) is 0 Å². The van der Waals surface area contributed by atoms with Crippen molar-refractivity contribution in [2.75, 3.05) is 0 Å². The molecule has 0 N–H and O–H groups in total. The van der Waals surface area contributed by atoms with Gasteiger partial charge in [0.1, 0.15) is 0 Å². The van der Waals surface area contributed by atoms with E-state index in [2.05, 4.69) is 64.1 Å². The van der Waals surface area contributed by atoms with Crippen LogP contribution in [-0.2, 0) is 9.31 Å². The minimum Gasteiger partial charge on any atom is -0.400 e. The first-order valence-electron chi connectivity index (χ1n) is 6.90. The van der Waals surface area contributed by atoms with E-state index in [-0.39, 0.29) is 18.3 Å². The highest BCUT2D eigenvalue weighted by atomic mass is 32.1. The van der Waals surface area contributed by atoms with E-state index in [1.165, 1.54) is 15.0 Å². The third kappa shape index (κ3) is 2.44. The van der Waals surface area contributed by atoms with E-state index in [1.54, 1.807) is 11.3 Å². The molecule has 0 unspecified atom stereocenters. The first-order chi connectivity index (χ1) is 9.37. The Bertz CT molecular complexity index is 608. The molecule has 0 aliphatic carbocycles. The van der Waals surface area contributed by atoms with Crippen LogP contribution in [-0.4, -0.2) is 18.3 Å². The molecule has 1 saturated heterocycles. The summed E-state index contributed by atoms with van der Waals surface area (Å²) in [7, 11) is -0.273. The second kappa shape index (κ2) is 4.73. The molecule has 2 nitrogen and oxygen atoms in total. The van der Waals surface area contributed by atoms with Gasteiger partial charge in [0.2, 0.25) is 0 Å². The molecule has 2 aromatic rings. The van der Waals surface area contributed by atoms with E-state index in [4.69, 9.17) is 9.31 Å². The summed E-state index contributed by atoms with van der Waals surface area (Å²) >= 11 is 1.78. The van der Waals surface area contributed by atoms with Gasteiger partial charge in [0.05, 0.1) is 11.2 Å². The van der Waals surface area contributed by atoms with Crippen molar-refractivity contribution in [2.24, 2.45) is 0 Å². The van der Waals surface area contributed by atoms with Crippen LogP contribution in [0.2, 0.25) is 0 Å². The zero-order valence-electron chi connectivity index (χ0n) is 12.3. The third-order valence-corrected chi connectivity index (χ3v) is 5.22. The normalized spacial score (nSPS) is 21.1. The highest BCUT2D eigenvalue weighted by molar-refractivity contribution is 7.19. The van der Waals surface area contributed by atoms with Crippen LogP contribution in [0.1, 0.15) is 32.6 Å². The molecule has 0 radical (unpaired) electrons. The van der Waals surface area contributed by atoms with Gasteiger partial charge in [0, 0.05) is 9.58 Å². The van der Waals surface area contributed by atoms with E-state index in [0.29, 0.717) is 0 Å². The number of benzene rings is 1. The highest BCUT2D eigenvalue weighted by Gasteiger charge is 2.49. The predicted molar refractivity (Wildman–Crippen MR) is 86.9 cm³/mol. The molecule has 0 spiro atoms. The average Bonchev–Trinajstić information content (AvgIpc) is 2.85. The van der Waals surface area contributed by atoms with Crippen molar-refractivity contribution in [1.29, 1.82) is 0 Å². The second-order valence-corrected chi connectivity index (χ2v) is 7.29. The summed E-state index contributed by atoms with van der Waals surface area (Å²) in [6, 6.07) is 10.6. The van der Waals surface area contributed by atoms with Gasteiger partial charge in [-0.15, -0.1) is 11.3 Å². The van der Waals surface area contributed by atoms with Crippen molar-refractivity contribution in [3.63, 3.8) is 0 Å². The summed E-state index contributed by atoms with van der Waals surface area (Å²) in [6.07, 6.45) is 2.09. The lowest BCUT2D eigenvalue weighted by Gasteiger charge is -2.32. The van der Waals surface area contributed by atoms with Crippen molar-refractivity contribution in [3.8, 4) is 0 Å². The van der Waals surface area contributed by atoms with Crippen LogP contribution in [0, 0.1) is 0 Å². The molecule has 20 heavy (non-hydrogen) atoms. The Hall–Kier alpha value is -1.10. The molecule has 2 heterocycles. The summed E-state index contributed by atoms with van der Waals surface area (Å²) in [6.45, 7) is 8.28. The SMILES string of the molecule is CC1(C)OB(C=Cc2cc3ccccc3s2)OC1(C)C. The molecule has 1 aromatic heterocycles. The van der Waals surface area contributed by atoms with Gasteiger partial charge in [-0.25, -0.2) is 0 Å². The predicted octanol–water partition coefficient (Wildman–Crippen LogP) is 4.55. The van der Waals surface area contributed by atoms with Crippen LogP contribution >= 0.6 is 11.3 Å². The molecule has 0 amide bonds. The van der Waals surface area contributed by atoms with Gasteiger partial charge in [0.15, 0.2) is 0 Å². The van der Waals surface area contributed by atoms with Crippen molar-refractivity contribution in [1.82, 2.24) is 0 Å². The van der Waals surface area contributed by atoms with E-state index >= 15 is 0 Å². The van der Waals surface area contributed by atoms with Crippen molar-refractivity contribution in [3.05, 3.63) is 41.2 Å². The number of hydrogen-bond donors (Lipinski definition) is 0. The summed E-state index contributed by atoms with van der Waals surface area (Å²) in [5.41, 5.74) is -0.551. The van der Waals surface area contributed by atoms with Crippen molar-refractivity contribution in [2.45, 2.75) is 38.9 Å². The molecule has 104 valence electrons. The molecular weight excluding hydrogens is 267 g/mol. The fraction of sp³-hybridized carbons (Fsp3) is 0.375. The Morgan fingerprint density at radius 3 is 2.35 bits per heavy atom. The molecule has 1 aromatic carbocycles. The molecule has 3 rings (SSSR count). The Morgan fingerprint density at radius 1 is 1.05 bits per heavy atom. The molecule has 0 bridgehead atoms. The number of hydrogen-bond acceptors (Lipinski definition) is 3. The minimum absolute atomic E-state index is 0.273. The van der Waals surface area contributed by atoms with Crippen molar-refractivity contribution >= 4 is 34.6 Å². The molecule has 0 saturated carbocycles. The fourth-order valence-corrected chi connectivity index (χ4v) is 3.20. The van der Waals surface area contributed by atoms with Gasteiger partial charge in [-0.2, -0.15) is 0 Å². The van der Waals surface area contributed by atoms with Crippen LogP contribution < -0.4 is 0 Å². The first kappa shape index (κ1) is 13.9. The fourth-order valence-electron chi connectivity index (χ4n) is 2.23. The van der Waals surface area contributed by atoms with Crippen LogP contribution in [0.15, 0.2) is 36.3 Å². The Morgan fingerprint density at radius 2 is 1.70 bits per heavy atom. The van der Waals surface area contributed by atoms with E-state index < -0.39 is 0 Å². The lowest BCUT2D eigenvalue weighted by atomic mass is 9.90. The Kier molecular flexibility index (Phi) is 3.28. The van der Waals surface area contributed by atoms with Gasteiger partial charge in [-0.05, 0) is 45.2 Å². The standard InChI is InChI=1S/C16H19BO2S/c1-15(2)16(3,4)19-17(18-15)10-9-13-11-12-7-5-6-8-14(12)20-13/h5-11H,1-4H3. The summed E-state index contributed by atoms with van der Waals surface area (Å²) in [5, 5.41) is 1.28. The van der Waals surface area contributed by atoms with Gasteiger partial charge < -0.3 is 9.31 Å². The monoisotopic (exact) mass is 286 g/mol. The van der Waals surface area contributed by atoms with Crippen LogP contribution in [0.3, 0.4) is 0 Å². The second-order valence-electron chi connectivity index (χ2n) is 6.17. The lowest BCUT2D eigenvalue weighted by Crippen LogP contribution is -2.41. The van der Waals surface area contributed by atoms with E-state index in [1.807, 2.05) is 5.98 Å². The molecule has 1 aliphatic rings. The smallest absolute Gasteiger partial charge is 0.400 e. The summed E-state index contributed by atoms with van der Waals surface area (Å²) in [5.74, 6) is 2.00. The minimum atomic E-state index is -0.276. The van der Waals surface area contributed by atoms with Crippen LogP contribution in [0.5, 0.6) is 0 Å². The van der Waals surface area contributed by atoms with Crippen LogP contribution in [0.4, 0.5) is 0 Å². The van der Waals surface area contributed by atoms with Gasteiger partial charge in [-0.3, -0.25) is 0 Å². The Labute approximate surface area is 124 Å². The topological polar surface area (TPSA) is 18.5 Å². The quantitative estimate of drug-likeness (QED) is 0.754. The molecular formula is C16H19BO2S. The first-order valence-corrected chi connectivity index (χ1v) is 7.71. The van der Waals surface area contributed by atoms with E-state index in [9.17, 15) is 0 Å². The third-order valence-electron chi connectivity index (χ3n) is 4.13. The van der Waals surface area contributed by atoms with Gasteiger partial charge in [-0.1, -0.05) is 30.3 Å².